The van der Waals surface area contributed by atoms with Crippen LogP contribution < -0.4 is 10.2 Å². The largest absolute Gasteiger partial charge is 0.411 e. The molecule has 4 aromatic rings. The van der Waals surface area contributed by atoms with Crippen LogP contribution in [0.15, 0.2) is 64.5 Å². The van der Waals surface area contributed by atoms with Gasteiger partial charge >= 0.3 is 0 Å². The molecule has 0 saturated carbocycles. The van der Waals surface area contributed by atoms with Gasteiger partial charge in [-0.15, -0.1) is 10.2 Å². The molecule has 3 heterocycles. The van der Waals surface area contributed by atoms with Crippen LogP contribution in [0.2, 0.25) is 5.02 Å². The number of hydrogen-bond acceptors (Lipinski definition) is 7. The molecule has 1 aliphatic rings. The number of nitrogens with one attached hydrogen (secondary N) is 1. The highest BCUT2D eigenvalue weighted by molar-refractivity contribution is 7.99. The molecular weight excluding hydrogens is 458 g/mol. The highest BCUT2D eigenvalue weighted by atomic mass is 35.5. The Balaban J connectivity index is 1.26. The van der Waals surface area contributed by atoms with Crippen LogP contribution in [0, 0.1) is 0 Å². The Hall–Kier alpha value is -3.10. The van der Waals surface area contributed by atoms with Crippen molar-refractivity contribution in [3.05, 3.63) is 59.9 Å². The number of halogens is 1. The molecule has 0 spiro atoms. The molecule has 1 amide bonds. The van der Waals surface area contributed by atoms with Gasteiger partial charge in [0.2, 0.25) is 11.8 Å². The van der Waals surface area contributed by atoms with Gasteiger partial charge in [-0.25, -0.2) is 0 Å². The zero-order valence-corrected chi connectivity index (χ0v) is 19.4. The fraction of sp³-hybridized carbons (Fsp3) is 0.250. The first-order valence-electron chi connectivity index (χ1n) is 10.8. The summed E-state index contributed by atoms with van der Waals surface area (Å²) >= 11 is 7.11. The maximum Gasteiger partial charge on any atom is 0.277 e. The number of thioether (sulfide) groups is 1. The molecule has 0 atom stereocenters. The number of rotatable bonds is 6. The van der Waals surface area contributed by atoms with Crippen molar-refractivity contribution in [2.45, 2.75) is 24.5 Å². The van der Waals surface area contributed by atoms with Crippen molar-refractivity contribution in [1.29, 1.82) is 0 Å². The van der Waals surface area contributed by atoms with E-state index >= 15 is 0 Å². The highest BCUT2D eigenvalue weighted by Crippen LogP contribution is 2.33. The molecule has 2 aromatic carbocycles. The number of aromatic nitrogens is 3. The van der Waals surface area contributed by atoms with E-state index in [2.05, 4.69) is 31.5 Å². The summed E-state index contributed by atoms with van der Waals surface area (Å²) in [6.07, 6.45) is 7.30. The highest BCUT2D eigenvalue weighted by Gasteiger charge is 2.17. The molecule has 2 aromatic heterocycles. The van der Waals surface area contributed by atoms with Crippen molar-refractivity contribution in [3.63, 3.8) is 0 Å². The number of fused-ring (bicyclic) bond motifs is 1. The third-order valence-corrected chi connectivity index (χ3v) is 6.66. The Morgan fingerprint density at radius 1 is 1.03 bits per heavy atom. The van der Waals surface area contributed by atoms with Crippen molar-refractivity contribution in [1.82, 2.24) is 15.2 Å². The summed E-state index contributed by atoms with van der Waals surface area (Å²) in [6, 6.07) is 13.2. The molecule has 0 bridgehead atoms. The van der Waals surface area contributed by atoms with Gasteiger partial charge in [0.25, 0.3) is 5.22 Å². The van der Waals surface area contributed by atoms with Crippen LogP contribution in [-0.2, 0) is 4.79 Å². The molecule has 0 radical (unpaired) electrons. The lowest BCUT2D eigenvalue weighted by atomic mass is 10.1. The fourth-order valence-corrected chi connectivity index (χ4v) is 4.67. The molecule has 33 heavy (non-hydrogen) atoms. The zero-order valence-electron chi connectivity index (χ0n) is 17.8. The van der Waals surface area contributed by atoms with Crippen molar-refractivity contribution < 1.29 is 9.21 Å². The van der Waals surface area contributed by atoms with E-state index in [0.717, 1.165) is 35.1 Å². The van der Waals surface area contributed by atoms with Gasteiger partial charge in [0.05, 0.1) is 11.4 Å². The van der Waals surface area contributed by atoms with Crippen molar-refractivity contribution in [2.75, 3.05) is 29.1 Å². The van der Waals surface area contributed by atoms with Gasteiger partial charge in [0, 0.05) is 52.5 Å². The first-order valence-corrected chi connectivity index (χ1v) is 12.2. The second kappa shape index (κ2) is 9.80. The van der Waals surface area contributed by atoms with Crippen LogP contribution >= 0.6 is 23.4 Å². The Morgan fingerprint density at radius 2 is 1.85 bits per heavy atom. The monoisotopic (exact) mass is 479 g/mol. The minimum atomic E-state index is -0.151. The number of anilines is 2. The van der Waals surface area contributed by atoms with Gasteiger partial charge in [0.1, 0.15) is 0 Å². The number of pyridine rings is 1. The van der Waals surface area contributed by atoms with E-state index in [1.165, 1.54) is 36.7 Å². The molecule has 7 nitrogen and oxygen atoms in total. The van der Waals surface area contributed by atoms with Crippen LogP contribution in [0.3, 0.4) is 0 Å². The standard InChI is InChI=1S/C24H22ClN5O2S/c25-17-6-4-16(5-7-17)23-28-29-24(32-23)33-15-22(31)27-20-8-9-21(30-12-2-1-3-13-30)18-10-11-26-14-19(18)20/h4-11,14H,1-3,12-13,15H2,(H,27,31). The van der Waals surface area contributed by atoms with Crippen molar-refractivity contribution in [2.24, 2.45) is 0 Å². The Labute approximate surface area is 200 Å². The third kappa shape index (κ3) is 4.96. The number of nitrogens with zero attached hydrogens (tertiary/aromatic N) is 4. The molecule has 1 aliphatic heterocycles. The molecule has 5 rings (SSSR count). The van der Waals surface area contributed by atoms with Gasteiger partial charge in [-0.3, -0.25) is 9.78 Å². The first-order chi connectivity index (χ1) is 16.2. The number of carbonyl (C=O) groups is 1. The SMILES string of the molecule is O=C(CSc1nnc(-c2ccc(Cl)cc2)o1)Nc1ccc(N2CCCCC2)c2ccncc12. The topological polar surface area (TPSA) is 84.1 Å². The Kier molecular flexibility index (Phi) is 6.46. The van der Waals surface area contributed by atoms with Gasteiger partial charge < -0.3 is 14.6 Å². The zero-order chi connectivity index (χ0) is 22.6. The molecule has 0 aliphatic carbocycles. The average Bonchev–Trinajstić information content (AvgIpc) is 3.33. The lowest BCUT2D eigenvalue weighted by Crippen LogP contribution is -2.29. The Morgan fingerprint density at radius 3 is 2.67 bits per heavy atom. The Bertz CT molecular complexity index is 1270. The van der Waals surface area contributed by atoms with E-state index < -0.39 is 0 Å². The minimum Gasteiger partial charge on any atom is -0.411 e. The molecule has 1 N–H and O–H groups in total. The predicted octanol–water partition coefficient (Wildman–Crippen LogP) is 5.66. The van der Waals surface area contributed by atoms with Crippen LogP contribution in [0.25, 0.3) is 22.2 Å². The third-order valence-electron chi connectivity index (χ3n) is 5.59. The van der Waals surface area contributed by atoms with E-state index in [9.17, 15) is 4.79 Å². The maximum absolute atomic E-state index is 12.7. The van der Waals surface area contributed by atoms with Gasteiger partial charge in [0.15, 0.2) is 0 Å². The number of amides is 1. The number of benzene rings is 2. The smallest absolute Gasteiger partial charge is 0.277 e. The predicted molar refractivity (Wildman–Crippen MR) is 132 cm³/mol. The summed E-state index contributed by atoms with van der Waals surface area (Å²) in [4.78, 5) is 19.4. The molecule has 0 unspecified atom stereocenters. The maximum atomic E-state index is 12.7. The normalized spacial score (nSPS) is 13.9. The number of hydrogen-bond donors (Lipinski definition) is 1. The lowest BCUT2D eigenvalue weighted by molar-refractivity contribution is -0.113. The summed E-state index contributed by atoms with van der Waals surface area (Å²) in [5.41, 5.74) is 2.72. The summed E-state index contributed by atoms with van der Waals surface area (Å²) in [6.45, 7) is 2.11. The summed E-state index contributed by atoms with van der Waals surface area (Å²) in [5, 5.41) is 14.1. The fourth-order valence-electron chi connectivity index (χ4n) is 3.98. The van der Waals surface area contributed by atoms with Gasteiger partial charge in [-0.2, -0.15) is 0 Å². The van der Waals surface area contributed by atoms with Crippen LogP contribution in [0.5, 0.6) is 0 Å². The quantitative estimate of drug-likeness (QED) is 0.357. The molecule has 168 valence electrons. The summed E-state index contributed by atoms with van der Waals surface area (Å²) in [7, 11) is 0. The van der Waals surface area contributed by atoms with Crippen molar-refractivity contribution >= 4 is 51.4 Å². The molecular formula is C24H22ClN5O2S. The van der Waals surface area contributed by atoms with Gasteiger partial charge in [-0.1, -0.05) is 23.4 Å². The van der Waals surface area contributed by atoms with E-state index in [1.807, 2.05) is 30.5 Å². The van der Waals surface area contributed by atoms with E-state index in [4.69, 9.17) is 16.0 Å². The average molecular weight is 480 g/mol. The second-order valence-corrected chi connectivity index (χ2v) is 9.18. The molecule has 1 fully saturated rings. The van der Waals surface area contributed by atoms with Gasteiger partial charge in [-0.05, 0) is 61.7 Å². The van der Waals surface area contributed by atoms with Crippen LogP contribution in [0.4, 0.5) is 11.4 Å². The van der Waals surface area contributed by atoms with Crippen molar-refractivity contribution in [3.8, 4) is 11.5 Å². The lowest BCUT2D eigenvalue weighted by Gasteiger charge is -2.30. The molecule has 1 saturated heterocycles. The van der Waals surface area contributed by atoms with E-state index in [-0.39, 0.29) is 11.7 Å². The van der Waals surface area contributed by atoms with Crippen LogP contribution in [0.1, 0.15) is 19.3 Å². The molecule has 9 heteroatoms. The minimum absolute atomic E-state index is 0.151. The van der Waals surface area contributed by atoms with E-state index in [1.54, 1.807) is 18.3 Å². The van der Waals surface area contributed by atoms with E-state index in [0.29, 0.717) is 16.1 Å². The van der Waals surface area contributed by atoms with Crippen LogP contribution in [-0.4, -0.2) is 39.9 Å². The second-order valence-electron chi connectivity index (χ2n) is 7.82. The number of piperidine rings is 1. The number of carbonyl (C=O) groups excluding carboxylic acids is 1. The summed E-state index contributed by atoms with van der Waals surface area (Å²) < 4.78 is 5.67. The summed E-state index contributed by atoms with van der Waals surface area (Å²) in [5.74, 6) is 0.389. The first kappa shape index (κ1) is 21.7.